The van der Waals surface area contributed by atoms with Gasteiger partial charge in [-0.05, 0) is 12.8 Å². The summed E-state index contributed by atoms with van der Waals surface area (Å²) >= 11 is 1.79. The van der Waals surface area contributed by atoms with Crippen LogP contribution in [0, 0.1) is 0 Å². The molecular formula is C12H20N2O3S. The maximum Gasteiger partial charge on any atom is 0.240 e. The highest BCUT2D eigenvalue weighted by Gasteiger charge is 2.35. The first-order chi connectivity index (χ1) is 8.84. The van der Waals surface area contributed by atoms with Crippen molar-refractivity contribution in [3.8, 4) is 0 Å². The molecule has 0 radical (unpaired) electrons. The van der Waals surface area contributed by atoms with Gasteiger partial charge in [-0.1, -0.05) is 0 Å². The third-order valence-corrected chi connectivity index (χ3v) is 4.74. The van der Waals surface area contributed by atoms with Crippen LogP contribution in [0.3, 0.4) is 0 Å². The molecule has 0 aromatic heterocycles. The maximum atomic E-state index is 12.3. The molecule has 6 heteroatoms. The summed E-state index contributed by atoms with van der Waals surface area (Å²) in [5.41, 5.74) is 0. The highest BCUT2D eigenvalue weighted by Crippen LogP contribution is 2.22. The fourth-order valence-corrected chi connectivity index (χ4v) is 3.70. The van der Waals surface area contributed by atoms with Crippen LogP contribution in [0.25, 0.3) is 0 Å². The first-order valence-corrected chi connectivity index (χ1v) is 7.83. The first kappa shape index (κ1) is 12.7. The second-order valence-electron chi connectivity index (χ2n) is 5.02. The predicted molar refractivity (Wildman–Crippen MR) is 69.5 cm³/mol. The van der Waals surface area contributed by atoms with Gasteiger partial charge in [0.15, 0.2) is 0 Å². The lowest BCUT2D eigenvalue weighted by Crippen LogP contribution is -2.54. The minimum Gasteiger partial charge on any atom is -0.375 e. The summed E-state index contributed by atoms with van der Waals surface area (Å²) in [6.07, 6.45) is 2.43. The summed E-state index contributed by atoms with van der Waals surface area (Å²) in [6.45, 7) is 2.87. The standard InChI is InChI=1S/C12H20N2O3S/c15-12(9-7-18-8-13-9)14-3-5-17-11(6-14)10-2-1-4-16-10/h9-11,13H,1-8H2/t9-,10-,11-/m0/s1. The Hall–Kier alpha value is -0.300. The lowest BCUT2D eigenvalue weighted by Gasteiger charge is -2.36. The lowest BCUT2D eigenvalue weighted by molar-refractivity contribution is -0.146. The van der Waals surface area contributed by atoms with E-state index in [1.807, 2.05) is 4.90 Å². The molecule has 3 aliphatic heterocycles. The van der Waals surface area contributed by atoms with E-state index in [-0.39, 0.29) is 24.2 Å². The van der Waals surface area contributed by atoms with E-state index in [0.717, 1.165) is 31.1 Å². The summed E-state index contributed by atoms with van der Waals surface area (Å²) in [6, 6.07) is -0.00162. The number of hydrogen-bond donors (Lipinski definition) is 1. The molecule has 1 amide bonds. The van der Waals surface area contributed by atoms with Crippen LogP contribution in [0.4, 0.5) is 0 Å². The maximum absolute atomic E-state index is 12.3. The van der Waals surface area contributed by atoms with E-state index in [9.17, 15) is 4.79 Å². The van der Waals surface area contributed by atoms with Crippen LogP contribution in [0.5, 0.6) is 0 Å². The minimum atomic E-state index is -0.00162. The molecule has 0 saturated carbocycles. The van der Waals surface area contributed by atoms with E-state index in [1.54, 1.807) is 11.8 Å². The number of morpholine rings is 1. The number of rotatable bonds is 2. The van der Waals surface area contributed by atoms with Crippen molar-refractivity contribution in [1.82, 2.24) is 10.2 Å². The molecule has 1 N–H and O–H groups in total. The van der Waals surface area contributed by atoms with Crippen molar-refractivity contribution in [3.05, 3.63) is 0 Å². The predicted octanol–water partition coefficient (Wildman–Crippen LogP) is 0.0553. The van der Waals surface area contributed by atoms with Gasteiger partial charge in [0, 0.05) is 31.3 Å². The van der Waals surface area contributed by atoms with Gasteiger partial charge in [0.2, 0.25) is 5.91 Å². The highest BCUT2D eigenvalue weighted by molar-refractivity contribution is 7.99. The van der Waals surface area contributed by atoms with Crippen LogP contribution in [0.1, 0.15) is 12.8 Å². The van der Waals surface area contributed by atoms with E-state index in [4.69, 9.17) is 9.47 Å². The Labute approximate surface area is 112 Å². The largest absolute Gasteiger partial charge is 0.375 e. The zero-order chi connectivity index (χ0) is 12.4. The van der Waals surface area contributed by atoms with Gasteiger partial charge in [-0.3, -0.25) is 10.1 Å². The number of hydrogen-bond acceptors (Lipinski definition) is 5. The Morgan fingerprint density at radius 1 is 1.28 bits per heavy atom. The smallest absolute Gasteiger partial charge is 0.240 e. The first-order valence-electron chi connectivity index (χ1n) is 6.68. The highest BCUT2D eigenvalue weighted by atomic mass is 32.2. The Morgan fingerprint density at radius 2 is 2.17 bits per heavy atom. The molecule has 3 saturated heterocycles. The Balaban J connectivity index is 1.57. The Kier molecular flexibility index (Phi) is 4.08. The van der Waals surface area contributed by atoms with Crippen molar-refractivity contribution in [2.24, 2.45) is 0 Å². The molecule has 18 heavy (non-hydrogen) atoms. The molecule has 3 heterocycles. The van der Waals surface area contributed by atoms with Crippen molar-refractivity contribution in [3.63, 3.8) is 0 Å². The van der Waals surface area contributed by atoms with Crippen LogP contribution < -0.4 is 5.32 Å². The summed E-state index contributed by atoms with van der Waals surface area (Å²) < 4.78 is 11.4. The summed E-state index contributed by atoms with van der Waals surface area (Å²) in [4.78, 5) is 14.3. The van der Waals surface area contributed by atoms with Gasteiger partial charge < -0.3 is 14.4 Å². The third-order valence-electron chi connectivity index (χ3n) is 3.80. The monoisotopic (exact) mass is 272 g/mol. The summed E-state index contributed by atoms with van der Waals surface area (Å²) in [7, 11) is 0. The molecule has 0 spiro atoms. The topological polar surface area (TPSA) is 50.8 Å². The van der Waals surface area contributed by atoms with Gasteiger partial charge in [-0.25, -0.2) is 0 Å². The van der Waals surface area contributed by atoms with E-state index in [2.05, 4.69) is 5.32 Å². The molecule has 0 aromatic carbocycles. The number of ether oxygens (including phenoxy) is 2. The quantitative estimate of drug-likeness (QED) is 0.770. The van der Waals surface area contributed by atoms with Gasteiger partial charge in [0.25, 0.3) is 0 Å². The number of thioether (sulfide) groups is 1. The molecule has 3 fully saturated rings. The molecule has 0 aromatic rings. The number of amides is 1. The van der Waals surface area contributed by atoms with Gasteiger partial charge in [0.1, 0.15) is 6.10 Å². The van der Waals surface area contributed by atoms with Gasteiger partial charge in [-0.15, -0.1) is 11.8 Å². The molecule has 0 aliphatic carbocycles. The van der Waals surface area contributed by atoms with Gasteiger partial charge in [0.05, 0.1) is 18.8 Å². The van der Waals surface area contributed by atoms with E-state index >= 15 is 0 Å². The van der Waals surface area contributed by atoms with Crippen LogP contribution in [0.2, 0.25) is 0 Å². The fraction of sp³-hybridized carbons (Fsp3) is 0.917. The van der Waals surface area contributed by atoms with E-state index in [0.29, 0.717) is 19.7 Å². The average molecular weight is 272 g/mol. The second-order valence-corrected chi connectivity index (χ2v) is 6.05. The average Bonchev–Trinajstić information content (AvgIpc) is 3.11. The van der Waals surface area contributed by atoms with Crippen molar-refractivity contribution >= 4 is 17.7 Å². The summed E-state index contributed by atoms with van der Waals surface area (Å²) in [5, 5.41) is 3.24. The van der Waals surface area contributed by atoms with E-state index < -0.39 is 0 Å². The molecule has 3 rings (SSSR count). The van der Waals surface area contributed by atoms with Crippen LogP contribution in [0.15, 0.2) is 0 Å². The van der Waals surface area contributed by atoms with Gasteiger partial charge in [-0.2, -0.15) is 0 Å². The molecule has 3 aliphatic rings. The number of nitrogens with zero attached hydrogens (tertiary/aromatic N) is 1. The number of carbonyl (C=O) groups excluding carboxylic acids is 1. The molecule has 102 valence electrons. The third kappa shape index (κ3) is 2.66. The second kappa shape index (κ2) is 5.77. The molecular weight excluding hydrogens is 252 g/mol. The van der Waals surface area contributed by atoms with Crippen LogP contribution in [-0.2, 0) is 14.3 Å². The molecule has 0 unspecified atom stereocenters. The normalized spacial score (nSPS) is 37.1. The number of carbonyl (C=O) groups is 1. The zero-order valence-corrected chi connectivity index (χ0v) is 11.3. The van der Waals surface area contributed by atoms with Crippen molar-refractivity contribution in [1.29, 1.82) is 0 Å². The fourth-order valence-electron chi connectivity index (χ4n) is 2.77. The molecule has 3 atom stereocenters. The number of nitrogens with one attached hydrogen (secondary N) is 1. The summed E-state index contributed by atoms with van der Waals surface area (Å²) in [5.74, 6) is 2.00. The lowest BCUT2D eigenvalue weighted by atomic mass is 10.1. The Morgan fingerprint density at radius 3 is 2.89 bits per heavy atom. The van der Waals surface area contributed by atoms with Crippen LogP contribution >= 0.6 is 11.8 Å². The van der Waals surface area contributed by atoms with E-state index in [1.165, 1.54) is 0 Å². The van der Waals surface area contributed by atoms with Crippen molar-refractivity contribution in [2.45, 2.75) is 31.1 Å². The van der Waals surface area contributed by atoms with Gasteiger partial charge >= 0.3 is 0 Å². The zero-order valence-electron chi connectivity index (χ0n) is 10.5. The SMILES string of the molecule is O=C([C@@H]1CSCN1)N1CCO[C@H]([C@@H]2CCCO2)C1. The molecule has 5 nitrogen and oxygen atoms in total. The van der Waals surface area contributed by atoms with Crippen molar-refractivity contribution in [2.75, 3.05) is 37.9 Å². The van der Waals surface area contributed by atoms with Crippen molar-refractivity contribution < 1.29 is 14.3 Å². The van der Waals surface area contributed by atoms with Crippen LogP contribution in [-0.4, -0.2) is 67.0 Å². The Bertz CT molecular complexity index is 304. The minimum absolute atomic E-state index is 0.00162. The molecule has 0 bridgehead atoms.